The van der Waals surface area contributed by atoms with Gasteiger partial charge in [-0.3, -0.25) is 14.4 Å². The zero-order chi connectivity index (χ0) is 34.2. The van der Waals surface area contributed by atoms with Crippen LogP contribution in [-0.4, -0.2) is 111 Å². The Labute approximate surface area is 283 Å². The number of aliphatic hydroxyl groups is 1. The van der Waals surface area contributed by atoms with E-state index in [1.165, 1.54) is 4.90 Å². The molecule has 0 spiro atoms. The van der Waals surface area contributed by atoms with E-state index >= 15 is 0 Å². The van der Waals surface area contributed by atoms with Gasteiger partial charge in [0.2, 0.25) is 5.91 Å². The summed E-state index contributed by atoms with van der Waals surface area (Å²) in [5.74, 6) is -1.03. The fourth-order valence-electron chi connectivity index (χ4n) is 5.52. The molecule has 262 valence electrons. The number of ketones is 2. The maximum absolute atomic E-state index is 13.9. The number of rotatable bonds is 22. The number of benzene rings is 1. The number of hydrogen-bond donors (Lipinski definition) is 2. The van der Waals surface area contributed by atoms with E-state index < -0.39 is 23.5 Å². The maximum atomic E-state index is 13.9. The van der Waals surface area contributed by atoms with Crippen LogP contribution in [0.1, 0.15) is 57.7 Å². The van der Waals surface area contributed by atoms with E-state index in [2.05, 4.69) is 4.98 Å². The highest BCUT2D eigenvalue weighted by molar-refractivity contribution is 7.13. The smallest absolute Gasteiger partial charge is 0.227 e. The third-order valence-electron chi connectivity index (χ3n) is 8.23. The molecule has 2 heterocycles. The lowest BCUT2D eigenvalue weighted by atomic mass is 9.76. The second-order valence-corrected chi connectivity index (χ2v) is 13.8. The summed E-state index contributed by atoms with van der Waals surface area (Å²) >= 11 is 1.60. The number of amides is 1. The van der Waals surface area contributed by atoms with Crippen LogP contribution in [0.25, 0.3) is 10.4 Å². The van der Waals surface area contributed by atoms with Gasteiger partial charge in [0.15, 0.2) is 5.78 Å². The number of aromatic nitrogens is 1. The van der Waals surface area contributed by atoms with Crippen LogP contribution in [0.3, 0.4) is 0 Å². The van der Waals surface area contributed by atoms with Gasteiger partial charge >= 0.3 is 0 Å². The third kappa shape index (κ3) is 13.1. The number of ether oxygens (including phenoxy) is 4. The van der Waals surface area contributed by atoms with E-state index in [9.17, 15) is 19.5 Å². The minimum atomic E-state index is -0.774. The Kier molecular flexibility index (Phi) is 16.6. The summed E-state index contributed by atoms with van der Waals surface area (Å²) in [7, 11) is 0. The van der Waals surface area contributed by atoms with Crippen molar-refractivity contribution in [3.05, 3.63) is 41.0 Å². The van der Waals surface area contributed by atoms with E-state index in [0.717, 1.165) is 21.7 Å². The molecule has 3 N–H and O–H groups in total. The van der Waals surface area contributed by atoms with E-state index in [4.69, 9.17) is 24.7 Å². The number of nitrogens with two attached hydrogens (primary N) is 1. The molecule has 1 saturated heterocycles. The van der Waals surface area contributed by atoms with Crippen molar-refractivity contribution >= 4 is 28.8 Å². The molecule has 1 aromatic carbocycles. The lowest BCUT2D eigenvalue weighted by molar-refractivity contribution is -0.146. The molecule has 1 fully saturated rings. The predicted octanol–water partition coefficient (Wildman–Crippen LogP) is 3.62. The fraction of sp³-hybridized carbons (Fsp3) is 0.657. The average Bonchev–Trinajstić information content (AvgIpc) is 3.65. The topological polar surface area (TPSA) is 151 Å². The highest BCUT2D eigenvalue weighted by atomic mass is 32.1. The quantitative estimate of drug-likeness (QED) is 0.177. The number of nitrogens with zero attached hydrogens (tertiary/aromatic N) is 2. The molecule has 0 saturated carbocycles. The zero-order valence-corrected chi connectivity index (χ0v) is 29.2. The molecule has 1 aromatic heterocycles. The normalized spacial score (nSPS) is 17.3. The van der Waals surface area contributed by atoms with E-state index in [0.29, 0.717) is 59.2 Å². The molecule has 0 unspecified atom stereocenters. The number of β-amino-alcohol motifs (C(OH)–C–C–N with tert-alkyl or cyclic N) is 1. The Morgan fingerprint density at radius 1 is 0.957 bits per heavy atom. The summed E-state index contributed by atoms with van der Waals surface area (Å²) < 4.78 is 21.7. The molecule has 47 heavy (non-hydrogen) atoms. The fourth-order valence-corrected chi connectivity index (χ4v) is 6.34. The van der Waals surface area contributed by atoms with Crippen LogP contribution in [0.2, 0.25) is 0 Å². The first-order valence-electron chi connectivity index (χ1n) is 16.5. The van der Waals surface area contributed by atoms with Gasteiger partial charge in [0.25, 0.3) is 0 Å². The monoisotopic (exact) mass is 675 g/mol. The predicted molar refractivity (Wildman–Crippen MR) is 181 cm³/mol. The van der Waals surface area contributed by atoms with Gasteiger partial charge in [-0.05, 0) is 29.9 Å². The van der Waals surface area contributed by atoms with Crippen molar-refractivity contribution in [2.24, 2.45) is 17.1 Å². The van der Waals surface area contributed by atoms with Crippen LogP contribution in [-0.2, 0) is 39.8 Å². The molecular formula is C35H53N3O8S. The molecule has 3 rings (SSSR count). The van der Waals surface area contributed by atoms with Crippen molar-refractivity contribution < 1.29 is 38.4 Å². The average molecular weight is 676 g/mol. The zero-order valence-electron chi connectivity index (χ0n) is 28.4. The molecule has 0 bridgehead atoms. The van der Waals surface area contributed by atoms with Gasteiger partial charge in [-0.25, -0.2) is 4.98 Å². The highest BCUT2D eigenvalue weighted by Gasteiger charge is 2.44. The van der Waals surface area contributed by atoms with E-state index in [1.807, 2.05) is 57.5 Å². The van der Waals surface area contributed by atoms with Gasteiger partial charge in [-0.15, -0.1) is 11.3 Å². The molecule has 0 aliphatic carbocycles. The molecule has 3 atom stereocenters. The van der Waals surface area contributed by atoms with Crippen molar-refractivity contribution in [3.8, 4) is 10.4 Å². The third-order valence-corrected chi connectivity index (χ3v) is 9.21. The number of aryl methyl sites for hydroxylation is 2. The second-order valence-electron chi connectivity index (χ2n) is 13.0. The summed E-state index contributed by atoms with van der Waals surface area (Å²) in [6.07, 6.45) is 0.470. The molecule has 0 radical (unpaired) electrons. The maximum Gasteiger partial charge on any atom is 0.227 e. The molecule has 2 aromatic rings. The number of carbonyl (C=O) groups is 3. The molecule has 1 amide bonds. The van der Waals surface area contributed by atoms with Gasteiger partial charge in [0, 0.05) is 44.7 Å². The number of likely N-dealkylation sites (tertiary alicyclic amines) is 1. The minimum Gasteiger partial charge on any atom is -0.391 e. The number of carbonyl (C=O) groups excluding carboxylic acids is 3. The van der Waals surface area contributed by atoms with Gasteiger partial charge < -0.3 is 34.7 Å². The molecule has 1 aliphatic rings. The van der Waals surface area contributed by atoms with Crippen molar-refractivity contribution in [2.75, 3.05) is 65.9 Å². The number of hydrogen-bond acceptors (Lipinski definition) is 11. The van der Waals surface area contributed by atoms with Crippen LogP contribution in [0, 0.1) is 18.3 Å². The van der Waals surface area contributed by atoms with E-state index in [-0.39, 0.29) is 56.3 Å². The summed E-state index contributed by atoms with van der Waals surface area (Å²) in [5, 5.41) is 10.5. The highest BCUT2D eigenvalue weighted by Crippen LogP contribution is 2.34. The lowest BCUT2D eigenvalue weighted by Crippen LogP contribution is -2.47. The number of thiazole rings is 1. The Bertz CT molecular complexity index is 1250. The van der Waals surface area contributed by atoms with Gasteiger partial charge in [0.1, 0.15) is 5.78 Å². The summed E-state index contributed by atoms with van der Waals surface area (Å²) in [6.45, 7) is 11.7. The van der Waals surface area contributed by atoms with Crippen LogP contribution in [0.15, 0.2) is 29.8 Å². The van der Waals surface area contributed by atoms with Crippen molar-refractivity contribution in [1.82, 2.24) is 9.88 Å². The van der Waals surface area contributed by atoms with Crippen LogP contribution < -0.4 is 5.73 Å². The van der Waals surface area contributed by atoms with Crippen molar-refractivity contribution in [3.63, 3.8) is 0 Å². The summed E-state index contributed by atoms with van der Waals surface area (Å²) in [5.41, 5.74) is 9.79. The number of Topliss-reactive ketones (excluding diaryl/α,β-unsaturated/α-hetero) is 2. The molecule has 1 aliphatic heterocycles. The first-order valence-corrected chi connectivity index (χ1v) is 17.4. The minimum absolute atomic E-state index is 0.0492. The SMILES string of the molecule is Cc1ncsc1-c1ccc(CCC(=O)[C@@H]2C[C@@H](O)CN2C(=O)[C@@H](CC(=O)CCOCCOCCOCCOCCN)C(C)(C)C)cc1. The van der Waals surface area contributed by atoms with Crippen LogP contribution in [0.4, 0.5) is 0 Å². The largest absolute Gasteiger partial charge is 0.391 e. The standard InChI is InChI=1S/C35H53N3O8S/c1-25-33(47-24-37-25)27-8-5-26(6-9-27)7-10-32(41)31-22-29(40)23-38(31)34(42)30(35(2,3)4)21-28(39)11-13-43-15-17-45-19-20-46-18-16-44-14-12-36/h5-6,8-9,24,29-31,40H,7,10-23,36H2,1-4H3/t29-,30-,31+/m1/s1. The lowest BCUT2D eigenvalue weighted by Gasteiger charge is -2.34. The summed E-state index contributed by atoms with van der Waals surface area (Å²) in [6, 6.07) is 7.42. The van der Waals surface area contributed by atoms with Crippen LogP contribution in [0.5, 0.6) is 0 Å². The second kappa shape index (κ2) is 20.1. The summed E-state index contributed by atoms with van der Waals surface area (Å²) in [4.78, 5) is 47.2. The number of aliphatic hydroxyl groups excluding tert-OH is 1. The van der Waals surface area contributed by atoms with Gasteiger partial charge in [-0.2, -0.15) is 0 Å². The van der Waals surface area contributed by atoms with Gasteiger partial charge in [-0.1, -0.05) is 45.0 Å². The Hall–Kier alpha value is -2.58. The van der Waals surface area contributed by atoms with Crippen molar-refractivity contribution in [2.45, 2.75) is 71.9 Å². The van der Waals surface area contributed by atoms with Gasteiger partial charge in [0.05, 0.1) is 81.1 Å². The Morgan fingerprint density at radius 3 is 2.11 bits per heavy atom. The molecule has 11 nitrogen and oxygen atoms in total. The first kappa shape index (κ1) is 38.9. The molecular weight excluding hydrogens is 622 g/mol. The van der Waals surface area contributed by atoms with E-state index in [1.54, 1.807) is 11.3 Å². The Morgan fingerprint density at radius 2 is 1.55 bits per heavy atom. The molecule has 12 heteroatoms. The first-order chi connectivity index (χ1) is 22.5. The Balaban J connectivity index is 1.42. The van der Waals surface area contributed by atoms with Crippen molar-refractivity contribution in [1.29, 1.82) is 0 Å². The van der Waals surface area contributed by atoms with Crippen LogP contribution >= 0.6 is 11.3 Å².